The molecule has 1 atom stereocenters. The van der Waals surface area contributed by atoms with Gasteiger partial charge in [-0.3, -0.25) is 4.79 Å². The molecule has 0 spiro atoms. The van der Waals surface area contributed by atoms with E-state index in [9.17, 15) is 9.18 Å². The zero-order valence-electron chi connectivity index (χ0n) is 8.83. The molecule has 1 aliphatic heterocycles. The summed E-state index contributed by atoms with van der Waals surface area (Å²) in [4.78, 5) is 11.8. The fourth-order valence-corrected chi connectivity index (χ4v) is 1.61. The van der Waals surface area contributed by atoms with E-state index in [2.05, 4.69) is 0 Å². The number of Topliss-reactive ketones (excluding diaryl/α,β-unsaturated/α-hetero) is 1. The monoisotopic (exact) mass is 225 g/mol. The topological polar surface area (TPSA) is 61.6 Å². The third-order valence-electron chi connectivity index (χ3n) is 2.35. The van der Waals surface area contributed by atoms with Crippen molar-refractivity contribution in [3.8, 4) is 5.75 Å². The average Bonchev–Trinajstić information content (AvgIpc) is 2.26. The summed E-state index contributed by atoms with van der Waals surface area (Å²) in [7, 11) is 0. The van der Waals surface area contributed by atoms with Crippen molar-refractivity contribution in [1.29, 1.82) is 0 Å². The molecule has 86 valence electrons. The summed E-state index contributed by atoms with van der Waals surface area (Å²) in [6, 6.07) is 1.76. The van der Waals surface area contributed by atoms with E-state index in [4.69, 9.17) is 15.2 Å². The van der Waals surface area contributed by atoms with Gasteiger partial charge in [-0.25, -0.2) is 4.39 Å². The molecule has 0 saturated carbocycles. The van der Waals surface area contributed by atoms with Gasteiger partial charge in [0.05, 0.1) is 18.2 Å². The number of ether oxygens (including phenoxy) is 2. The Morgan fingerprint density at radius 1 is 1.56 bits per heavy atom. The molecule has 16 heavy (non-hydrogen) atoms. The van der Waals surface area contributed by atoms with Crippen molar-refractivity contribution in [2.24, 2.45) is 5.73 Å². The second-order valence-corrected chi connectivity index (χ2v) is 3.71. The molecule has 1 aliphatic rings. The quantitative estimate of drug-likeness (QED) is 0.769. The number of rotatable bonds is 2. The van der Waals surface area contributed by atoms with Gasteiger partial charge in [0, 0.05) is 5.56 Å². The molecule has 1 unspecified atom stereocenters. The van der Waals surface area contributed by atoms with Gasteiger partial charge < -0.3 is 15.2 Å². The van der Waals surface area contributed by atoms with Crippen molar-refractivity contribution in [3.05, 3.63) is 29.1 Å². The van der Waals surface area contributed by atoms with E-state index in [0.29, 0.717) is 11.3 Å². The highest BCUT2D eigenvalue weighted by Crippen LogP contribution is 2.30. The van der Waals surface area contributed by atoms with Crippen LogP contribution < -0.4 is 10.5 Å². The number of benzene rings is 1. The molecule has 1 heterocycles. The van der Waals surface area contributed by atoms with Crippen LogP contribution in [0.1, 0.15) is 22.8 Å². The number of hydrogen-bond donors (Lipinski definition) is 1. The first-order valence-electron chi connectivity index (χ1n) is 4.92. The van der Waals surface area contributed by atoms with Crippen LogP contribution in [0.3, 0.4) is 0 Å². The predicted molar refractivity (Wildman–Crippen MR) is 54.7 cm³/mol. The number of carbonyl (C=O) groups is 1. The number of nitrogens with two attached hydrogens (primary N) is 1. The van der Waals surface area contributed by atoms with Crippen LogP contribution in [-0.4, -0.2) is 18.6 Å². The van der Waals surface area contributed by atoms with Crippen molar-refractivity contribution in [2.45, 2.75) is 19.6 Å². The molecule has 0 amide bonds. The van der Waals surface area contributed by atoms with Gasteiger partial charge in [0.15, 0.2) is 12.6 Å². The third kappa shape index (κ3) is 1.91. The van der Waals surface area contributed by atoms with E-state index in [-0.39, 0.29) is 24.7 Å². The Morgan fingerprint density at radius 2 is 2.31 bits per heavy atom. The lowest BCUT2D eigenvalue weighted by Gasteiger charge is -2.20. The van der Waals surface area contributed by atoms with Crippen LogP contribution >= 0.6 is 0 Å². The number of ketones is 1. The number of fused-ring (bicyclic) bond motifs is 1. The molecule has 4 nitrogen and oxygen atoms in total. The highest BCUT2D eigenvalue weighted by atomic mass is 19.1. The smallest absolute Gasteiger partial charge is 0.189 e. The fourth-order valence-electron chi connectivity index (χ4n) is 1.61. The Kier molecular flexibility index (Phi) is 2.89. The summed E-state index contributed by atoms with van der Waals surface area (Å²) in [6.45, 7) is 1.86. The zero-order valence-corrected chi connectivity index (χ0v) is 8.83. The van der Waals surface area contributed by atoms with E-state index in [1.165, 1.54) is 6.07 Å². The largest absolute Gasteiger partial charge is 0.466 e. The maximum atomic E-state index is 13.3. The van der Waals surface area contributed by atoms with Gasteiger partial charge in [-0.1, -0.05) is 0 Å². The normalized spacial score (nSPS) is 16.2. The number of hydrogen-bond acceptors (Lipinski definition) is 4. The van der Waals surface area contributed by atoms with Crippen LogP contribution in [0, 0.1) is 5.82 Å². The predicted octanol–water partition coefficient (Wildman–Crippen LogP) is 1.22. The summed E-state index contributed by atoms with van der Waals surface area (Å²) < 4.78 is 23.5. The van der Waals surface area contributed by atoms with Crippen LogP contribution in [0.5, 0.6) is 5.75 Å². The van der Waals surface area contributed by atoms with E-state index in [1.54, 1.807) is 6.92 Å². The molecule has 2 N–H and O–H groups in total. The maximum Gasteiger partial charge on any atom is 0.189 e. The molecular weight excluding hydrogens is 213 g/mol. The molecule has 0 fully saturated rings. The van der Waals surface area contributed by atoms with Gasteiger partial charge in [-0.2, -0.15) is 0 Å². The van der Waals surface area contributed by atoms with E-state index in [1.807, 2.05) is 0 Å². The lowest BCUT2D eigenvalue weighted by atomic mass is 10.0. The minimum Gasteiger partial charge on any atom is -0.466 e. The maximum absolute atomic E-state index is 13.3. The standard InChI is InChI=1S/C11H12FNO3/c1-6(13)10(14)9-3-8(12)2-7-4-15-5-16-11(7)9/h2-3,6H,4-5,13H2,1H3. The number of halogens is 1. The molecule has 0 radical (unpaired) electrons. The van der Waals surface area contributed by atoms with E-state index in [0.717, 1.165) is 6.07 Å². The van der Waals surface area contributed by atoms with Gasteiger partial charge in [-0.15, -0.1) is 0 Å². The molecular formula is C11H12FNO3. The van der Waals surface area contributed by atoms with Crippen molar-refractivity contribution >= 4 is 5.78 Å². The first kappa shape index (κ1) is 11.0. The average molecular weight is 225 g/mol. The Bertz CT molecular complexity index is 431. The third-order valence-corrected chi connectivity index (χ3v) is 2.35. The second-order valence-electron chi connectivity index (χ2n) is 3.71. The first-order valence-corrected chi connectivity index (χ1v) is 4.92. The van der Waals surface area contributed by atoms with E-state index >= 15 is 0 Å². The van der Waals surface area contributed by atoms with Crippen molar-refractivity contribution in [3.63, 3.8) is 0 Å². The highest BCUT2D eigenvalue weighted by Gasteiger charge is 2.23. The lowest BCUT2D eigenvalue weighted by molar-refractivity contribution is -0.0170. The Hall–Kier alpha value is -1.46. The van der Waals surface area contributed by atoms with Crippen molar-refractivity contribution < 1.29 is 18.7 Å². The summed E-state index contributed by atoms with van der Waals surface area (Å²) in [6.07, 6.45) is 0. The van der Waals surface area contributed by atoms with Gasteiger partial charge in [-0.05, 0) is 19.1 Å². The Balaban J connectivity index is 2.51. The van der Waals surface area contributed by atoms with E-state index < -0.39 is 11.9 Å². The molecule has 5 heteroatoms. The lowest BCUT2D eigenvalue weighted by Crippen LogP contribution is -2.28. The second kappa shape index (κ2) is 4.19. The van der Waals surface area contributed by atoms with Crippen molar-refractivity contribution in [1.82, 2.24) is 0 Å². The molecule has 2 rings (SSSR count). The van der Waals surface area contributed by atoms with Gasteiger partial charge in [0.1, 0.15) is 11.6 Å². The summed E-state index contributed by atoms with van der Waals surface area (Å²) in [5, 5.41) is 0. The van der Waals surface area contributed by atoms with Crippen LogP contribution in [0.2, 0.25) is 0 Å². The summed E-state index contributed by atoms with van der Waals surface area (Å²) in [5.74, 6) is -0.440. The molecule has 0 aliphatic carbocycles. The minimum atomic E-state index is -0.683. The molecule has 0 saturated heterocycles. The van der Waals surface area contributed by atoms with Crippen LogP contribution in [0.4, 0.5) is 4.39 Å². The Labute approximate surface area is 92.1 Å². The molecule has 1 aromatic carbocycles. The summed E-state index contributed by atoms with van der Waals surface area (Å²) >= 11 is 0. The Morgan fingerprint density at radius 3 is 3.00 bits per heavy atom. The number of carbonyl (C=O) groups excluding carboxylic acids is 1. The van der Waals surface area contributed by atoms with Crippen LogP contribution in [-0.2, 0) is 11.3 Å². The van der Waals surface area contributed by atoms with Gasteiger partial charge >= 0.3 is 0 Å². The zero-order chi connectivity index (χ0) is 11.7. The van der Waals surface area contributed by atoms with Crippen LogP contribution in [0.15, 0.2) is 12.1 Å². The molecule has 0 aromatic heterocycles. The highest BCUT2D eigenvalue weighted by molar-refractivity contribution is 6.02. The molecule has 0 bridgehead atoms. The molecule has 1 aromatic rings. The minimum absolute atomic E-state index is 0.0673. The summed E-state index contributed by atoms with van der Waals surface area (Å²) in [5.41, 5.74) is 6.22. The fraction of sp³-hybridized carbons (Fsp3) is 0.364. The SMILES string of the molecule is CC(N)C(=O)c1cc(F)cc2c1OCOC2. The van der Waals surface area contributed by atoms with Crippen LogP contribution in [0.25, 0.3) is 0 Å². The first-order chi connectivity index (χ1) is 7.59. The van der Waals surface area contributed by atoms with Crippen molar-refractivity contribution in [2.75, 3.05) is 6.79 Å². The van der Waals surface area contributed by atoms with Gasteiger partial charge in [0.2, 0.25) is 0 Å². The van der Waals surface area contributed by atoms with Gasteiger partial charge in [0.25, 0.3) is 0 Å².